The summed E-state index contributed by atoms with van der Waals surface area (Å²) >= 11 is 0. The molecule has 0 aromatic heterocycles. The van der Waals surface area contributed by atoms with Gasteiger partial charge in [-0.25, -0.2) is 0 Å². The Morgan fingerprint density at radius 3 is 1.76 bits per heavy atom. The number of Topliss-reactive ketones (excluding diaryl/α,β-unsaturated/α-hetero) is 1. The van der Waals surface area contributed by atoms with E-state index in [4.69, 9.17) is 18.9 Å². The SMILES string of the molecule is CC(C)CC(=O)C(CCCCNC(=O)CCCOC1OC(CO)C(O)C(O)C1C)NC(=O)CCCCCOC1OC(CO)C(O)C(O)C1C. The average molecular weight is 707 g/mol. The van der Waals surface area contributed by atoms with E-state index < -0.39 is 80.3 Å². The lowest BCUT2D eigenvalue weighted by molar-refractivity contribution is -0.282. The standard InChI is InChI=1S/C34H62N2O13/c1-20(2)17-24(39)23(36-28(41)12-6-5-9-15-46-33-21(3)29(42)31(44)25(18-37)48-33)11-7-8-14-35-27(40)13-10-16-47-34-22(4)30(43)32(45)26(19-38)49-34/h20-23,25-26,29-34,37-38,42-45H,5-19H2,1-4H3,(H,35,40)(H,36,41). The van der Waals surface area contributed by atoms with Gasteiger partial charge in [-0.1, -0.05) is 34.1 Å². The van der Waals surface area contributed by atoms with Gasteiger partial charge in [0.05, 0.1) is 38.1 Å². The Balaban J connectivity index is 1.62. The van der Waals surface area contributed by atoms with E-state index in [-0.39, 0.29) is 43.0 Å². The van der Waals surface area contributed by atoms with Gasteiger partial charge in [-0.2, -0.15) is 0 Å². The van der Waals surface area contributed by atoms with Gasteiger partial charge in [0, 0.05) is 44.2 Å². The number of hydrogen-bond acceptors (Lipinski definition) is 13. The third-order valence-electron chi connectivity index (χ3n) is 9.11. The van der Waals surface area contributed by atoms with Crippen LogP contribution >= 0.6 is 0 Å². The van der Waals surface area contributed by atoms with Gasteiger partial charge in [0.25, 0.3) is 0 Å². The van der Waals surface area contributed by atoms with Crippen molar-refractivity contribution in [3.63, 3.8) is 0 Å². The number of carbonyl (C=O) groups is 3. The zero-order valence-electron chi connectivity index (χ0n) is 29.6. The molecule has 0 saturated carbocycles. The fraction of sp³-hybridized carbons (Fsp3) is 0.912. The molecule has 2 amide bonds. The number of unbranched alkanes of at least 4 members (excludes halogenated alkanes) is 3. The number of ketones is 1. The maximum absolute atomic E-state index is 12.9. The largest absolute Gasteiger partial charge is 0.394 e. The maximum Gasteiger partial charge on any atom is 0.220 e. The topological polar surface area (TPSA) is 234 Å². The molecule has 2 rings (SSSR count). The molecular formula is C34H62N2O13. The lowest BCUT2D eigenvalue weighted by Gasteiger charge is -2.40. The van der Waals surface area contributed by atoms with E-state index in [0.29, 0.717) is 64.5 Å². The third kappa shape index (κ3) is 14.8. The first-order valence-electron chi connectivity index (χ1n) is 17.9. The van der Waals surface area contributed by atoms with Gasteiger partial charge in [0.15, 0.2) is 18.4 Å². The summed E-state index contributed by atoms with van der Waals surface area (Å²) in [5.41, 5.74) is 0. The zero-order chi connectivity index (χ0) is 36.5. The summed E-state index contributed by atoms with van der Waals surface area (Å²) in [6.07, 6.45) is -2.99. The van der Waals surface area contributed by atoms with Gasteiger partial charge >= 0.3 is 0 Å². The lowest BCUT2D eigenvalue weighted by atomic mass is 9.92. The second-order valence-electron chi connectivity index (χ2n) is 13.8. The second-order valence-corrected chi connectivity index (χ2v) is 13.8. The lowest BCUT2D eigenvalue weighted by Crippen LogP contribution is -2.55. The molecule has 2 aliphatic heterocycles. The number of hydrogen-bond donors (Lipinski definition) is 8. The van der Waals surface area contributed by atoms with Crippen molar-refractivity contribution < 1.29 is 64.0 Å². The van der Waals surface area contributed by atoms with E-state index in [2.05, 4.69) is 10.6 Å². The van der Waals surface area contributed by atoms with Gasteiger partial charge in [-0.05, 0) is 44.4 Å². The van der Waals surface area contributed by atoms with Crippen LogP contribution in [0.4, 0.5) is 0 Å². The minimum atomic E-state index is -1.20. The van der Waals surface area contributed by atoms with E-state index in [9.17, 15) is 45.0 Å². The van der Waals surface area contributed by atoms with Gasteiger partial charge in [-0.15, -0.1) is 0 Å². The van der Waals surface area contributed by atoms with Gasteiger partial charge in [-0.3, -0.25) is 14.4 Å². The molecule has 0 aromatic carbocycles. The molecule has 15 nitrogen and oxygen atoms in total. The Kier molecular flexibility index (Phi) is 20.3. The van der Waals surface area contributed by atoms with Crippen LogP contribution in [0.15, 0.2) is 0 Å². The van der Waals surface area contributed by atoms with Crippen LogP contribution < -0.4 is 10.6 Å². The Bertz CT molecular complexity index is 968. The molecular weight excluding hydrogens is 644 g/mol. The quantitative estimate of drug-likeness (QED) is 0.0650. The predicted octanol–water partition coefficient (Wildman–Crippen LogP) is -0.103. The minimum absolute atomic E-state index is 0.0144. The summed E-state index contributed by atoms with van der Waals surface area (Å²) in [6, 6.07) is -0.591. The Morgan fingerprint density at radius 2 is 1.22 bits per heavy atom. The number of ether oxygens (including phenoxy) is 4. The molecule has 0 aliphatic carbocycles. The molecule has 0 radical (unpaired) electrons. The summed E-state index contributed by atoms with van der Waals surface area (Å²) in [5.74, 6) is -1.17. The summed E-state index contributed by atoms with van der Waals surface area (Å²) in [7, 11) is 0. The zero-order valence-corrected chi connectivity index (χ0v) is 29.6. The van der Waals surface area contributed by atoms with Gasteiger partial charge < -0.3 is 60.2 Å². The molecule has 0 aromatic rings. The molecule has 8 N–H and O–H groups in total. The molecule has 15 heteroatoms. The molecule has 11 atom stereocenters. The normalized spacial score (nSPS) is 31.0. The number of nitrogens with one attached hydrogen (secondary N) is 2. The number of aliphatic hydroxyl groups excluding tert-OH is 6. The fourth-order valence-corrected chi connectivity index (χ4v) is 5.93. The predicted molar refractivity (Wildman–Crippen MR) is 177 cm³/mol. The van der Waals surface area contributed by atoms with E-state index in [0.717, 1.165) is 0 Å². The maximum atomic E-state index is 12.9. The van der Waals surface area contributed by atoms with Crippen LogP contribution in [-0.4, -0.2) is 136 Å². The van der Waals surface area contributed by atoms with Crippen molar-refractivity contribution in [2.75, 3.05) is 33.0 Å². The molecule has 2 saturated heterocycles. The first-order valence-corrected chi connectivity index (χ1v) is 17.9. The van der Waals surface area contributed by atoms with Crippen molar-refractivity contribution >= 4 is 17.6 Å². The van der Waals surface area contributed by atoms with Crippen LogP contribution in [0.2, 0.25) is 0 Å². The summed E-state index contributed by atoms with van der Waals surface area (Å²) < 4.78 is 22.4. The van der Waals surface area contributed by atoms with Crippen LogP contribution in [0.5, 0.6) is 0 Å². The smallest absolute Gasteiger partial charge is 0.220 e. The highest BCUT2D eigenvalue weighted by Crippen LogP contribution is 2.28. The number of rotatable bonds is 23. The average Bonchev–Trinajstić information content (AvgIpc) is 3.06. The van der Waals surface area contributed by atoms with E-state index >= 15 is 0 Å². The van der Waals surface area contributed by atoms with Crippen molar-refractivity contribution in [3.8, 4) is 0 Å². The van der Waals surface area contributed by atoms with E-state index in [1.54, 1.807) is 13.8 Å². The van der Waals surface area contributed by atoms with Crippen molar-refractivity contribution in [1.29, 1.82) is 0 Å². The van der Waals surface area contributed by atoms with Crippen LogP contribution in [-0.2, 0) is 33.3 Å². The van der Waals surface area contributed by atoms with Gasteiger partial charge in [0.1, 0.15) is 24.4 Å². The number of amides is 2. The first kappa shape index (κ1) is 43.4. The third-order valence-corrected chi connectivity index (χ3v) is 9.11. The van der Waals surface area contributed by atoms with Gasteiger partial charge in [0.2, 0.25) is 11.8 Å². The summed E-state index contributed by atoms with van der Waals surface area (Å²) in [5, 5.41) is 64.6. The Morgan fingerprint density at radius 1 is 0.694 bits per heavy atom. The molecule has 49 heavy (non-hydrogen) atoms. The Labute approximate surface area is 290 Å². The first-order chi connectivity index (χ1) is 23.3. The summed E-state index contributed by atoms with van der Waals surface area (Å²) in [6.45, 7) is 7.36. The minimum Gasteiger partial charge on any atom is -0.394 e. The molecule has 0 bridgehead atoms. The highest BCUT2D eigenvalue weighted by atomic mass is 16.7. The molecule has 2 fully saturated rings. The van der Waals surface area contributed by atoms with Crippen LogP contribution in [0.25, 0.3) is 0 Å². The number of carbonyl (C=O) groups excluding carboxylic acids is 3. The van der Waals surface area contributed by atoms with Crippen molar-refractivity contribution in [2.24, 2.45) is 17.8 Å². The molecule has 11 unspecified atom stereocenters. The molecule has 286 valence electrons. The van der Waals surface area contributed by atoms with Crippen LogP contribution in [0.1, 0.15) is 91.9 Å². The van der Waals surface area contributed by atoms with Crippen LogP contribution in [0.3, 0.4) is 0 Å². The van der Waals surface area contributed by atoms with E-state index in [1.807, 2.05) is 13.8 Å². The van der Waals surface area contributed by atoms with E-state index in [1.165, 1.54) is 0 Å². The molecule has 2 heterocycles. The van der Waals surface area contributed by atoms with Crippen molar-refractivity contribution in [2.45, 2.75) is 147 Å². The second kappa shape index (κ2) is 22.9. The van der Waals surface area contributed by atoms with Crippen molar-refractivity contribution in [1.82, 2.24) is 10.6 Å². The monoisotopic (exact) mass is 706 g/mol. The van der Waals surface area contributed by atoms with Crippen molar-refractivity contribution in [3.05, 3.63) is 0 Å². The van der Waals surface area contributed by atoms with Crippen LogP contribution in [0, 0.1) is 17.8 Å². The number of aliphatic hydroxyl groups is 6. The fourth-order valence-electron chi connectivity index (χ4n) is 5.93. The Hall–Kier alpha value is -1.79. The highest BCUT2D eigenvalue weighted by Gasteiger charge is 2.43. The molecule has 0 spiro atoms. The highest BCUT2D eigenvalue weighted by molar-refractivity contribution is 5.89. The summed E-state index contributed by atoms with van der Waals surface area (Å²) in [4.78, 5) is 37.8. The molecule has 2 aliphatic rings.